The molecule has 6 rings (SSSR count). The third-order valence-electron chi connectivity index (χ3n) is 9.03. The van der Waals surface area contributed by atoms with Crippen molar-refractivity contribution in [2.45, 2.75) is 32.4 Å². The summed E-state index contributed by atoms with van der Waals surface area (Å²) in [6, 6.07) is 20.3. The van der Waals surface area contributed by atoms with Gasteiger partial charge in [-0.15, -0.1) is 11.3 Å². The van der Waals surface area contributed by atoms with E-state index in [-0.39, 0.29) is 54.9 Å². The number of carboxylic acids is 1. The number of carbonyl (C=O) groups excluding carboxylic acids is 1. The molecule has 0 bridgehead atoms. The average molecular weight is 782 g/mol. The molecule has 0 spiro atoms. The first-order chi connectivity index (χ1) is 26.4. The summed E-state index contributed by atoms with van der Waals surface area (Å²) in [5.74, 6) is -1.35. The lowest BCUT2D eigenvalue weighted by Gasteiger charge is -2.32. The Kier molecular flexibility index (Phi) is 12.9. The largest absolute Gasteiger partial charge is 0.491 e. The van der Waals surface area contributed by atoms with E-state index in [9.17, 15) is 27.9 Å². The summed E-state index contributed by atoms with van der Waals surface area (Å²) in [4.78, 5) is 33.2. The van der Waals surface area contributed by atoms with Crippen LogP contribution < -0.4 is 14.8 Å². The number of hydrogen-bond donors (Lipinski definition) is 2. The van der Waals surface area contributed by atoms with E-state index in [1.807, 2.05) is 48.5 Å². The van der Waals surface area contributed by atoms with Gasteiger partial charge >= 0.3 is 18.2 Å². The number of carbonyl (C=O) groups is 2. The number of fused-ring (bicyclic) bond motifs is 1. The number of nitrogens with zero attached hydrogens (tertiary/aromatic N) is 4. The highest BCUT2D eigenvalue weighted by Gasteiger charge is 2.36. The van der Waals surface area contributed by atoms with Crippen LogP contribution in [0, 0.1) is 0 Å². The van der Waals surface area contributed by atoms with E-state index in [1.165, 1.54) is 25.1 Å². The van der Waals surface area contributed by atoms with E-state index >= 15 is 0 Å². The Labute approximate surface area is 320 Å². The number of thiophene rings is 1. The van der Waals surface area contributed by atoms with E-state index in [1.54, 1.807) is 10.9 Å². The first kappa shape index (κ1) is 39.5. The number of alkyl halides is 3. The van der Waals surface area contributed by atoms with Crippen LogP contribution in [0.15, 0.2) is 79.1 Å². The molecule has 0 saturated carbocycles. The van der Waals surface area contributed by atoms with Gasteiger partial charge in [-0.1, -0.05) is 42.5 Å². The lowest BCUT2D eigenvalue weighted by molar-refractivity contribution is -0.139. The Morgan fingerprint density at radius 2 is 1.75 bits per heavy atom. The number of nitrogens with one attached hydrogen (secondary N) is 1. The molecule has 2 N–H and O–H groups in total. The molecule has 1 fully saturated rings. The summed E-state index contributed by atoms with van der Waals surface area (Å²) in [5.41, 5.74) is 2.28. The Hall–Kier alpha value is -5.16. The molecule has 2 aromatic heterocycles. The number of hydrogen-bond acceptors (Lipinski definition) is 10. The number of amides is 1. The number of benzene rings is 3. The van der Waals surface area contributed by atoms with E-state index < -0.39 is 29.9 Å². The zero-order valence-electron chi connectivity index (χ0n) is 30.4. The van der Waals surface area contributed by atoms with E-state index in [2.05, 4.69) is 27.1 Å². The number of aromatic nitrogens is 2. The Bertz CT molecular complexity index is 2070. The number of halogens is 3. The highest BCUT2D eigenvalue weighted by atomic mass is 32.1. The fourth-order valence-corrected chi connectivity index (χ4v) is 7.02. The van der Waals surface area contributed by atoms with Crippen LogP contribution in [0.5, 0.6) is 11.5 Å². The summed E-state index contributed by atoms with van der Waals surface area (Å²) in [5, 5.41) is 13.1. The topological polar surface area (TPSA) is 128 Å². The molecular weight excluding hydrogens is 740 g/mol. The van der Waals surface area contributed by atoms with Gasteiger partial charge in [0.25, 0.3) is 0 Å². The second-order valence-electron chi connectivity index (χ2n) is 13.1. The van der Waals surface area contributed by atoms with Crippen molar-refractivity contribution in [3.8, 4) is 16.5 Å². The molecule has 12 nitrogen and oxygen atoms in total. The molecule has 1 aliphatic heterocycles. The fourth-order valence-electron chi connectivity index (χ4n) is 6.11. The van der Waals surface area contributed by atoms with E-state index in [0.29, 0.717) is 5.00 Å². The van der Waals surface area contributed by atoms with Crippen molar-refractivity contribution in [1.29, 1.82) is 0 Å². The van der Waals surface area contributed by atoms with Gasteiger partial charge in [-0.3, -0.25) is 9.47 Å². The lowest BCUT2D eigenvalue weighted by Crippen LogP contribution is -2.43. The maximum atomic E-state index is 14.3. The summed E-state index contributed by atoms with van der Waals surface area (Å²) in [6.45, 7) is 6.55. The number of alkyl carbamates (subject to hydrolysis) is 1. The summed E-state index contributed by atoms with van der Waals surface area (Å²) in [6.07, 6.45) is -4.92. The van der Waals surface area contributed by atoms with E-state index in [4.69, 9.17) is 18.9 Å². The fraction of sp³-hybridized carbons (Fsp3) is 0.359. The molecule has 1 atom stereocenters. The van der Waals surface area contributed by atoms with Crippen LogP contribution in [0.3, 0.4) is 0 Å². The predicted octanol–water partition coefficient (Wildman–Crippen LogP) is 7.01. The van der Waals surface area contributed by atoms with Gasteiger partial charge in [0.15, 0.2) is 4.88 Å². The van der Waals surface area contributed by atoms with Gasteiger partial charge in [0.2, 0.25) is 0 Å². The van der Waals surface area contributed by atoms with Crippen molar-refractivity contribution in [2.75, 3.05) is 59.6 Å². The molecule has 0 aliphatic carbocycles. The van der Waals surface area contributed by atoms with Crippen molar-refractivity contribution in [2.24, 2.45) is 0 Å². The maximum Gasteiger partial charge on any atom is 0.416 e. The minimum Gasteiger partial charge on any atom is -0.491 e. The molecule has 1 saturated heterocycles. The van der Waals surface area contributed by atoms with Gasteiger partial charge in [-0.25, -0.2) is 14.6 Å². The zero-order valence-corrected chi connectivity index (χ0v) is 31.2. The summed E-state index contributed by atoms with van der Waals surface area (Å²) < 4.78 is 66.8. The molecule has 3 heterocycles. The molecule has 1 unspecified atom stereocenters. The molecule has 5 aromatic rings. The number of carboxylic acid groups (broad SMARTS) is 1. The van der Waals surface area contributed by atoms with Crippen LogP contribution in [0.25, 0.3) is 16.0 Å². The minimum absolute atomic E-state index is 0.0301. The second-order valence-corrected chi connectivity index (χ2v) is 14.1. The van der Waals surface area contributed by atoms with Crippen LogP contribution >= 0.6 is 11.3 Å². The van der Waals surface area contributed by atoms with Crippen LogP contribution in [0.4, 0.5) is 18.0 Å². The third-order valence-corrected chi connectivity index (χ3v) is 10.1. The lowest BCUT2D eigenvalue weighted by atomic mass is 10.0. The highest BCUT2D eigenvalue weighted by Crippen LogP contribution is 2.41. The number of imidazole rings is 1. The molecule has 55 heavy (non-hydrogen) atoms. The molecule has 1 amide bonds. The van der Waals surface area contributed by atoms with Gasteiger partial charge in [-0.2, -0.15) is 13.2 Å². The van der Waals surface area contributed by atoms with Gasteiger partial charge < -0.3 is 34.3 Å². The molecule has 3 aromatic carbocycles. The maximum absolute atomic E-state index is 14.3. The number of rotatable bonds is 16. The summed E-state index contributed by atoms with van der Waals surface area (Å²) >= 11 is 0.951. The quantitative estimate of drug-likeness (QED) is 0.101. The van der Waals surface area contributed by atoms with Crippen molar-refractivity contribution in [3.05, 3.63) is 106 Å². The standard InChI is InChI=1S/C39H42F3N5O7S/c1-26(30-10-9-29(21-31(30)39(40,41)42)52-19-18-51-17-12-43-38(50)53-24-27-6-4-3-5-7-27)54-34-22-35(55-36(34)37(48)49)47-25-44-32-11-8-28(20-33(32)47)23-46-15-13-45(2)14-16-46/h3-11,20-22,25-26H,12-19,23-24H2,1-2H3,(H,43,50)(H,48,49). The molecule has 292 valence electrons. The monoisotopic (exact) mass is 781 g/mol. The molecule has 1 aliphatic rings. The third kappa shape index (κ3) is 10.5. The van der Waals surface area contributed by atoms with Crippen molar-refractivity contribution in [1.82, 2.24) is 24.7 Å². The van der Waals surface area contributed by atoms with Crippen LogP contribution in [-0.2, 0) is 28.8 Å². The van der Waals surface area contributed by atoms with Gasteiger partial charge in [0, 0.05) is 50.9 Å². The smallest absolute Gasteiger partial charge is 0.416 e. The number of likely N-dealkylation sites (N-methyl/N-ethyl adjacent to an activating group) is 1. The second kappa shape index (κ2) is 18.0. The highest BCUT2D eigenvalue weighted by molar-refractivity contribution is 7.16. The Morgan fingerprint density at radius 1 is 0.964 bits per heavy atom. The van der Waals surface area contributed by atoms with Crippen molar-refractivity contribution in [3.63, 3.8) is 0 Å². The van der Waals surface area contributed by atoms with Crippen LogP contribution in [0.1, 0.15) is 45.0 Å². The van der Waals surface area contributed by atoms with Gasteiger partial charge in [0.1, 0.15) is 42.1 Å². The minimum atomic E-state index is -4.75. The molecular formula is C39H42F3N5O7S. The normalized spacial score (nSPS) is 14.5. The van der Waals surface area contributed by atoms with Gasteiger partial charge in [-0.05, 0) is 49.4 Å². The molecule has 0 radical (unpaired) electrons. The zero-order chi connectivity index (χ0) is 39.0. The number of aromatic carboxylic acids is 1. The average Bonchev–Trinajstić information content (AvgIpc) is 3.78. The van der Waals surface area contributed by atoms with Crippen molar-refractivity contribution < 1.29 is 46.8 Å². The Balaban J connectivity index is 1.06. The molecule has 16 heteroatoms. The SMILES string of the molecule is CC(Oc1cc(-n2cnc3ccc(CN4CCN(C)CC4)cc32)sc1C(=O)O)c1ccc(OCCOCCNC(=O)OCc2ccccc2)cc1C(F)(F)F. The number of piperazine rings is 1. The first-order valence-electron chi connectivity index (χ1n) is 17.7. The predicted molar refractivity (Wildman–Crippen MR) is 200 cm³/mol. The van der Waals surface area contributed by atoms with Gasteiger partial charge in [0.05, 0.1) is 29.8 Å². The summed E-state index contributed by atoms with van der Waals surface area (Å²) in [7, 11) is 2.10. The van der Waals surface area contributed by atoms with Crippen LogP contribution in [-0.4, -0.2) is 96.1 Å². The number of ether oxygens (including phenoxy) is 4. The first-order valence-corrected chi connectivity index (χ1v) is 18.5. The van der Waals surface area contributed by atoms with Crippen molar-refractivity contribution >= 4 is 34.4 Å². The van der Waals surface area contributed by atoms with E-state index in [0.717, 1.165) is 72.3 Å². The van der Waals surface area contributed by atoms with Crippen LogP contribution in [0.2, 0.25) is 0 Å². The Morgan fingerprint density at radius 3 is 2.49 bits per heavy atom.